The van der Waals surface area contributed by atoms with Gasteiger partial charge in [-0.25, -0.2) is 9.67 Å². The first kappa shape index (κ1) is 12.3. The van der Waals surface area contributed by atoms with Crippen LogP contribution in [-0.2, 0) is 16.1 Å². The minimum absolute atomic E-state index is 0.0533. The predicted octanol–water partition coefficient (Wildman–Crippen LogP) is -1.40. The molecule has 1 saturated heterocycles. The van der Waals surface area contributed by atoms with Crippen molar-refractivity contribution < 1.29 is 9.59 Å². The van der Waals surface area contributed by atoms with Crippen molar-refractivity contribution in [2.75, 3.05) is 19.3 Å². The summed E-state index contributed by atoms with van der Waals surface area (Å²) in [7, 11) is 1.57. The summed E-state index contributed by atoms with van der Waals surface area (Å²) in [5, 5.41) is 6.42. The van der Waals surface area contributed by atoms with Gasteiger partial charge in [0.15, 0.2) is 0 Å². The van der Waals surface area contributed by atoms with Crippen molar-refractivity contribution in [1.82, 2.24) is 25.0 Å². The van der Waals surface area contributed by atoms with Gasteiger partial charge in [-0.3, -0.25) is 9.59 Å². The second-order valence-corrected chi connectivity index (χ2v) is 4.16. The highest BCUT2D eigenvalue weighted by Crippen LogP contribution is 2.17. The van der Waals surface area contributed by atoms with Crippen LogP contribution in [0.1, 0.15) is 12.8 Å². The number of carbonyl (C=O) groups is 2. The molecule has 0 bridgehead atoms. The Morgan fingerprint density at radius 1 is 1.61 bits per heavy atom. The third-order valence-corrected chi connectivity index (χ3v) is 2.97. The Kier molecular flexibility index (Phi) is 3.45. The summed E-state index contributed by atoms with van der Waals surface area (Å²) in [6, 6.07) is -0.372. The molecule has 8 nitrogen and oxygen atoms in total. The number of carbonyl (C=O) groups excluding carboxylic acids is 2. The number of hydrogen-bond donors (Lipinski definition) is 2. The van der Waals surface area contributed by atoms with Crippen LogP contribution in [0, 0.1) is 0 Å². The van der Waals surface area contributed by atoms with Crippen LogP contribution in [0.25, 0.3) is 0 Å². The van der Waals surface area contributed by atoms with E-state index in [1.807, 2.05) is 0 Å². The number of hydrogen-bond acceptors (Lipinski definition) is 5. The van der Waals surface area contributed by atoms with Crippen LogP contribution in [0.3, 0.4) is 0 Å². The van der Waals surface area contributed by atoms with E-state index in [1.165, 1.54) is 11.0 Å². The third-order valence-electron chi connectivity index (χ3n) is 2.97. The van der Waals surface area contributed by atoms with Crippen molar-refractivity contribution in [3.63, 3.8) is 0 Å². The molecule has 2 heterocycles. The van der Waals surface area contributed by atoms with E-state index < -0.39 is 0 Å². The largest absolute Gasteiger partial charge is 0.367 e. The van der Waals surface area contributed by atoms with E-state index in [9.17, 15) is 9.59 Å². The fraction of sp³-hybridized carbons (Fsp3) is 0.600. The third kappa shape index (κ3) is 2.41. The number of likely N-dealkylation sites (N-methyl/N-ethyl adjacent to an activating group) is 1. The van der Waals surface area contributed by atoms with Crippen LogP contribution in [0.2, 0.25) is 0 Å². The lowest BCUT2D eigenvalue weighted by Gasteiger charge is -2.23. The van der Waals surface area contributed by atoms with Gasteiger partial charge in [0.25, 0.3) is 0 Å². The van der Waals surface area contributed by atoms with E-state index in [4.69, 9.17) is 5.73 Å². The number of nitrogens with zero attached hydrogens (tertiary/aromatic N) is 4. The molecule has 0 spiro atoms. The monoisotopic (exact) mass is 252 g/mol. The fourth-order valence-corrected chi connectivity index (χ4v) is 2.12. The van der Waals surface area contributed by atoms with Gasteiger partial charge < -0.3 is 16.0 Å². The van der Waals surface area contributed by atoms with Crippen LogP contribution in [0.15, 0.2) is 6.33 Å². The zero-order valence-corrected chi connectivity index (χ0v) is 10.2. The normalized spacial score (nSPS) is 18.9. The molecule has 1 unspecified atom stereocenters. The fourth-order valence-electron chi connectivity index (χ4n) is 2.12. The lowest BCUT2D eigenvalue weighted by atomic mass is 10.2. The number of rotatable bonds is 3. The molecular formula is C10H16N6O2. The maximum Gasteiger partial charge on any atom is 0.245 e. The summed E-state index contributed by atoms with van der Waals surface area (Å²) in [5.41, 5.74) is 5.37. The number of likely N-dealkylation sites (tertiary alicyclic amines) is 1. The summed E-state index contributed by atoms with van der Waals surface area (Å²) >= 11 is 0. The van der Waals surface area contributed by atoms with Crippen LogP contribution in [0.5, 0.6) is 0 Å². The van der Waals surface area contributed by atoms with Crippen molar-refractivity contribution >= 4 is 17.8 Å². The minimum Gasteiger partial charge on any atom is -0.367 e. The van der Waals surface area contributed by atoms with E-state index in [1.54, 1.807) is 11.9 Å². The Morgan fingerprint density at radius 2 is 2.39 bits per heavy atom. The molecule has 0 radical (unpaired) electrons. The SMILES string of the molecule is CNC(=O)C1CCCN1C(=O)Cn1cnc(N)n1. The Hall–Kier alpha value is -2.12. The van der Waals surface area contributed by atoms with E-state index in [0.717, 1.165) is 6.42 Å². The standard InChI is InChI=1S/C10H16N6O2/c1-12-9(18)7-3-2-4-16(7)8(17)5-15-6-13-10(11)14-15/h6-7H,2-5H2,1H3,(H2,11,14)(H,12,18). The maximum absolute atomic E-state index is 12.1. The topological polar surface area (TPSA) is 106 Å². The second-order valence-electron chi connectivity index (χ2n) is 4.16. The van der Waals surface area contributed by atoms with Gasteiger partial charge in [0, 0.05) is 13.6 Å². The first-order valence-corrected chi connectivity index (χ1v) is 5.78. The van der Waals surface area contributed by atoms with Gasteiger partial charge >= 0.3 is 0 Å². The highest BCUT2D eigenvalue weighted by Gasteiger charge is 2.33. The molecule has 18 heavy (non-hydrogen) atoms. The van der Waals surface area contributed by atoms with Crippen molar-refractivity contribution in [3.05, 3.63) is 6.33 Å². The number of amides is 2. The smallest absolute Gasteiger partial charge is 0.245 e. The summed E-state index contributed by atoms with van der Waals surface area (Å²) in [6.45, 7) is 0.652. The molecule has 2 amide bonds. The lowest BCUT2D eigenvalue weighted by Crippen LogP contribution is -2.46. The molecule has 98 valence electrons. The predicted molar refractivity (Wildman–Crippen MR) is 63.2 cm³/mol. The number of nitrogens with two attached hydrogens (primary N) is 1. The van der Waals surface area contributed by atoms with E-state index >= 15 is 0 Å². The Balaban J connectivity index is 2.02. The highest BCUT2D eigenvalue weighted by molar-refractivity contribution is 5.87. The number of aromatic nitrogens is 3. The molecule has 1 aliphatic heterocycles. The molecule has 8 heteroatoms. The van der Waals surface area contributed by atoms with Crippen molar-refractivity contribution in [2.24, 2.45) is 0 Å². The van der Waals surface area contributed by atoms with Crippen LogP contribution in [0.4, 0.5) is 5.95 Å². The number of nitrogens with one attached hydrogen (secondary N) is 1. The minimum atomic E-state index is -0.372. The average molecular weight is 252 g/mol. The number of nitrogen functional groups attached to an aromatic ring is 1. The number of anilines is 1. The Bertz CT molecular complexity index is 457. The molecular weight excluding hydrogens is 236 g/mol. The second kappa shape index (κ2) is 5.03. The van der Waals surface area contributed by atoms with Crippen molar-refractivity contribution in [3.8, 4) is 0 Å². The first-order chi connectivity index (χ1) is 8.61. The Labute approximate surface area is 104 Å². The van der Waals surface area contributed by atoms with Gasteiger partial charge in [-0.15, -0.1) is 5.10 Å². The van der Waals surface area contributed by atoms with Gasteiger partial charge in [0.1, 0.15) is 18.9 Å². The van der Waals surface area contributed by atoms with Gasteiger partial charge in [-0.2, -0.15) is 0 Å². The summed E-state index contributed by atoms with van der Waals surface area (Å²) in [6.07, 6.45) is 2.94. The van der Waals surface area contributed by atoms with E-state index in [-0.39, 0.29) is 30.3 Å². The summed E-state index contributed by atoms with van der Waals surface area (Å²) in [5.74, 6) is -0.142. The van der Waals surface area contributed by atoms with E-state index in [2.05, 4.69) is 15.4 Å². The summed E-state index contributed by atoms with van der Waals surface area (Å²) < 4.78 is 1.37. The highest BCUT2D eigenvalue weighted by atomic mass is 16.2. The van der Waals surface area contributed by atoms with Gasteiger partial charge in [-0.05, 0) is 12.8 Å². The van der Waals surface area contributed by atoms with Crippen LogP contribution >= 0.6 is 0 Å². The maximum atomic E-state index is 12.1. The lowest BCUT2D eigenvalue weighted by molar-refractivity contribution is -0.138. The molecule has 1 aliphatic rings. The van der Waals surface area contributed by atoms with Crippen molar-refractivity contribution in [2.45, 2.75) is 25.4 Å². The molecule has 1 aromatic rings. The van der Waals surface area contributed by atoms with Crippen LogP contribution in [-0.4, -0.2) is 51.1 Å². The summed E-state index contributed by atoms with van der Waals surface area (Å²) in [4.78, 5) is 29.0. The van der Waals surface area contributed by atoms with Crippen molar-refractivity contribution in [1.29, 1.82) is 0 Å². The average Bonchev–Trinajstić information content (AvgIpc) is 2.97. The van der Waals surface area contributed by atoms with Gasteiger partial charge in [-0.1, -0.05) is 0 Å². The molecule has 0 aromatic carbocycles. The molecule has 1 atom stereocenters. The molecule has 2 rings (SSSR count). The van der Waals surface area contributed by atoms with Crippen LogP contribution < -0.4 is 11.1 Å². The zero-order valence-electron chi connectivity index (χ0n) is 10.2. The van der Waals surface area contributed by atoms with E-state index in [0.29, 0.717) is 13.0 Å². The molecule has 1 aromatic heterocycles. The quantitative estimate of drug-likeness (QED) is 0.688. The first-order valence-electron chi connectivity index (χ1n) is 5.78. The molecule has 1 fully saturated rings. The molecule has 0 aliphatic carbocycles. The molecule has 3 N–H and O–H groups in total. The zero-order chi connectivity index (χ0) is 13.1. The van der Waals surface area contributed by atoms with Gasteiger partial charge in [0.05, 0.1) is 0 Å². The molecule has 0 saturated carbocycles. The Morgan fingerprint density at radius 3 is 3.00 bits per heavy atom. The van der Waals surface area contributed by atoms with Gasteiger partial charge in [0.2, 0.25) is 17.8 Å².